The number of halogens is 5. The fourth-order valence-corrected chi connectivity index (χ4v) is 2.82. The second-order valence-electron chi connectivity index (χ2n) is 8.08. The molecule has 2 rings (SSSR count). The minimum atomic E-state index is -2.32. The number of hydrogen-bond acceptors (Lipinski definition) is 5. The van der Waals surface area contributed by atoms with Crippen LogP contribution >= 0.6 is 0 Å². The molecule has 0 aliphatic heterocycles. The number of rotatable bonds is 8. The van der Waals surface area contributed by atoms with E-state index in [1.807, 2.05) is 0 Å². The number of amides is 1. The number of carboxylic acid groups (broad SMARTS) is 1. The number of aliphatic carboxylic acids is 1. The monoisotopic (exact) mass is 491 g/mol. The van der Waals surface area contributed by atoms with E-state index in [0.29, 0.717) is 5.56 Å². The predicted octanol–water partition coefficient (Wildman–Crippen LogP) is 4.49. The van der Waals surface area contributed by atoms with Crippen LogP contribution in [0.25, 0.3) is 0 Å². The average molecular weight is 491 g/mol. The van der Waals surface area contributed by atoms with Crippen LogP contribution in [-0.4, -0.2) is 35.9 Å². The molecule has 0 bridgehead atoms. The van der Waals surface area contributed by atoms with Crippen LogP contribution < -0.4 is 14.8 Å². The van der Waals surface area contributed by atoms with Crippen molar-refractivity contribution in [1.29, 1.82) is 0 Å². The Bertz CT molecular complexity index is 1060. The lowest BCUT2D eigenvalue weighted by atomic mass is 10.0. The van der Waals surface area contributed by atoms with Crippen molar-refractivity contribution in [3.63, 3.8) is 0 Å². The van der Waals surface area contributed by atoms with Crippen LogP contribution in [0.3, 0.4) is 0 Å². The lowest BCUT2D eigenvalue weighted by molar-refractivity contribution is -0.139. The Balaban J connectivity index is 2.26. The van der Waals surface area contributed by atoms with Gasteiger partial charge in [-0.15, -0.1) is 0 Å². The molecule has 1 amide bonds. The maximum atomic E-state index is 13.9. The van der Waals surface area contributed by atoms with Gasteiger partial charge in [0.05, 0.1) is 7.11 Å². The Kier molecular flexibility index (Phi) is 8.30. The van der Waals surface area contributed by atoms with Gasteiger partial charge in [-0.05, 0) is 38.5 Å². The van der Waals surface area contributed by atoms with Crippen molar-refractivity contribution in [3.05, 3.63) is 58.4 Å². The number of methoxy groups -OCH3 is 1. The highest BCUT2D eigenvalue weighted by atomic mass is 19.2. The average Bonchev–Trinajstić information content (AvgIpc) is 2.74. The van der Waals surface area contributed by atoms with Crippen LogP contribution in [0.4, 0.5) is 26.7 Å². The summed E-state index contributed by atoms with van der Waals surface area (Å²) in [5.74, 6) is -13.6. The highest BCUT2D eigenvalue weighted by Gasteiger charge is 2.28. The third-order valence-corrected chi connectivity index (χ3v) is 4.32. The number of carbonyl (C=O) groups excluding carboxylic acids is 1. The van der Waals surface area contributed by atoms with Gasteiger partial charge in [0.15, 0.2) is 5.75 Å². The summed E-state index contributed by atoms with van der Waals surface area (Å²) in [5, 5.41) is 11.7. The normalized spacial score (nSPS) is 12.1. The van der Waals surface area contributed by atoms with E-state index in [2.05, 4.69) is 5.32 Å². The van der Waals surface area contributed by atoms with Gasteiger partial charge < -0.3 is 24.6 Å². The standard InChI is InChI=1S/C22H22F5NO6/c1-22(2,3)34-21(31)28-12(20(29)30)8-10-5-6-13(32-4)11(7-10)9-33-19-17(26)15(24)14(23)16(25)18(19)27/h5-7,12H,8-9H2,1-4H3,(H,28,31)(H,29,30). The highest BCUT2D eigenvalue weighted by molar-refractivity contribution is 5.80. The molecule has 2 aromatic rings. The van der Waals surface area contributed by atoms with Crippen LogP contribution in [0, 0.1) is 29.1 Å². The van der Waals surface area contributed by atoms with Crippen molar-refractivity contribution in [3.8, 4) is 11.5 Å². The largest absolute Gasteiger partial charge is 0.496 e. The summed E-state index contributed by atoms with van der Waals surface area (Å²) < 4.78 is 82.8. The maximum Gasteiger partial charge on any atom is 0.408 e. The number of benzene rings is 2. The summed E-state index contributed by atoms with van der Waals surface area (Å²) in [6.07, 6.45) is -1.18. The van der Waals surface area contributed by atoms with Crippen molar-refractivity contribution < 1.29 is 50.9 Å². The zero-order valence-corrected chi connectivity index (χ0v) is 18.6. The van der Waals surface area contributed by atoms with Gasteiger partial charge in [0.1, 0.15) is 24.0 Å². The molecule has 1 unspecified atom stereocenters. The summed E-state index contributed by atoms with van der Waals surface area (Å²) in [4.78, 5) is 23.5. The van der Waals surface area contributed by atoms with E-state index >= 15 is 0 Å². The van der Waals surface area contributed by atoms with E-state index in [9.17, 15) is 36.6 Å². The summed E-state index contributed by atoms with van der Waals surface area (Å²) >= 11 is 0. The van der Waals surface area contributed by atoms with Gasteiger partial charge in [0.2, 0.25) is 29.1 Å². The second-order valence-corrected chi connectivity index (χ2v) is 8.08. The van der Waals surface area contributed by atoms with Gasteiger partial charge in [-0.1, -0.05) is 6.07 Å². The molecule has 0 spiro atoms. The van der Waals surface area contributed by atoms with Crippen LogP contribution in [0.15, 0.2) is 18.2 Å². The molecule has 34 heavy (non-hydrogen) atoms. The van der Waals surface area contributed by atoms with Gasteiger partial charge in [-0.3, -0.25) is 0 Å². The first kappa shape index (κ1) is 26.7. The molecule has 7 nitrogen and oxygen atoms in total. The second kappa shape index (κ2) is 10.6. The molecule has 12 heteroatoms. The Morgan fingerprint density at radius 2 is 1.56 bits per heavy atom. The molecular weight excluding hydrogens is 469 g/mol. The van der Waals surface area contributed by atoms with Crippen molar-refractivity contribution in [2.24, 2.45) is 0 Å². The third kappa shape index (κ3) is 6.49. The first-order valence-corrected chi connectivity index (χ1v) is 9.77. The van der Waals surface area contributed by atoms with Gasteiger partial charge in [-0.25, -0.2) is 22.8 Å². The number of hydrogen-bond donors (Lipinski definition) is 2. The van der Waals surface area contributed by atoms with Gasteiger partial charge in [0, 0.05) is 12.0 Å². The van der Waals surface area contributed by atoms with E-state index in [1.54, 1.807) is 20.8 Å². The number of ether oxygens (including phenoxy) is 3. The zero-order chi connectivity index (χ0) is 25.8. The third-order valence-electron chi connectivity index (χ3n) is 4.32. The molecule has 186 valence electrons. The topological polar surface area (TPSA) is 94.1 Å². The molecule has 0 heterocycles. The van der Waals surface area contributed by atoms with Crippen molar-refractivity contribution in [2.75, 3.05) is 7.11 Å². The number of carboxylic acids is 1. The predicted molar refractivity (Wildman–Crippen MR) is 108 cm³/mol. The van der Waals surface area contributed by atoms with Crippen molar-refractivity contribution in [2.45, 2.75) is 45.4 Å². The van der Waals surface area contributed by atoms with E-state index < -0.39 is 65.1 Å². The van der Waals surface area contributed by atoms with E-state index in [0.717, 1.165) is 0 Å². The molecule has 2 N–H and O–H groups in total. The Morgan fingerprint density at radius 3 is 2.06 bits per heavy atom. The molecule has 0 saturated carbocycles. The molecule has 0 aromatic heterocycles. The van der Waals surface area contributed by atoms with Gasteiger partial charge >= 0.3 is 12.1 Å². The quantitative estimate of drug-likeness (QED) is 0.321. The Morgan fingerprint density at radius 1 is 1.00 bits per heavy atom. The number of carbonyl (C=O) groups is 2. The van der Waals surface area contributed by atoms with Gasteiger partial charge in [-0.2, -0.15) is 8.78 Å². The smallest absolute Gasteiger partial charge is 0.408 e. The summed E-state index contributed by atoms with van der Waals surface area (Å²) in [6.45, 7) is 4.13. The van der Waals surface area contributed by atoms with Gasteiger partial charge in [0.25, 0.3) is 0 Å². The molecule has 0 saturated heterocycles. The zero-order valence-electron chi connectivity index (χ0n) is 18.6. The molecule has 0 aliphatic rings. The summed E-state index contributed by atoms with van der Waals surface area (Å²) in [5.41, 5.74) is -0.410. The van der Waals surface area contributed by atoms with Crippen molar-refractivity contribution >= 4 is 12.1 Å². The van der Waals surface area contributed by atoms with E-state index in [1.165, 1.54) is 25.3 Å². The molecule has 0 radical (unpaired) electrons. The SMILES string of the molecule is COc1ccc(CC(NC(=O)OC(C)(C)C)C(=O)O)cc1COc1c(F)c(F)c(F)c(F)c1F. The van der Waals surface area contributed by atoms with Crippen LogP contribution in [0.2, 0.25) is 0 Å². The first-order chi connectivity index (χ1) is 15.7. The lowest BCUT2D eigenvalue weighted by Crippen LogP contribution is -2.44. The Labute approximate surface area is 191 Å². The van der Waals surface area contributed by atoms with Crippen LogP contribution in [0.1, 0.15) is 31.9 Å². The first-order valence-electron chi connectivity index (χ1n) is 9.77. The highest BCUT2D eigenvalue weighted by Crippen LogP contribution is 2.31. The number of alkyl carbamates (subject to hydrolysis) is 1. The minimum Gasteiger partial charge on any atom is -0.496 e. The molecule has 0 fully saturated rings. The molecule has 0 aliphatic carbocycles. The fourth-order valence-electron chi connectivity index (χ4n) is 2.82. The van der Waals surface area contributed by atoms with Crippen LogP contribution in [0.5, 0.6) is 11.5 Å². The molecular formula is C22H22F5NO6. The molecule has 2 aromatic carbocycles. The summed E-state index contributed by atoms with van der Waals surface area (Å²) in [6, 6.07) is 2.80. The number of nitrogens with one attached hydrogen (secondary N) is 1. The summed E-state index contributed by atoms with van der Waals surface area (Å²) in [7, 11) is 1.26. The maximum absolute atomic E-state index is 13.9. The van der Waals surface area contributed by atoms with E-state index in [-0.39, 0.29) is 17.7 Å². The molecule has 1 atom stereocenters. The lowest BCUT2D eigenvalue weighted by Gasteiger charge is -2.22. The van der Waals surface area contributed by atoms with E-state index in [4.69, 9.17) is 14.2 Å². The van der Waals surface area contributed by atoms with Crippen LogP contribution in [-0.2, 0) is 22.6 Å². The minimum absolute atomic E-state index is 0.116. The Hall–Kier alpha value is -3.57. The van der Waals surface area contributed by atoms with Crippen molar-refractivity contribution in [1.82, 2.24) is 5.32 Å². The fraction of sp³-hybridized carbons (Fsp3) is 0.364.